The summed E-state index contributed by atoms with van der Waals surface area (Å²) in [4.78, 5) is 23.5. The number of esters is 1. The van der Waals surface area contributed by atoms with Crippen LogP contribution in [-0.4, -0.2) is 25.1 Å². The van der Waals surface area contributed by atoms with E-state index in [9.17, 15) is 9.59 Å². The minimum atomic E-state index is -0.670. The Balaban J connectivity index is 1.79. The van der Waals surface area contributed by atoms with Gasteiger partial charge < -0.3 is 14.8 Å². The van der Waals surface area contributed by atoms with Gasteiger partial charge >= 0.3 is 5.97 Å². The SMILES string of the molecule is Cc1ccc(OCC(=O)OCC(=O)Nc2ccccc2C#N)c(Br)c1. The highest BCUT2D eigenvalue weighted by atomic mass is 79.9. The molecule has 2 rings (SSSR count). The zero-order valence-corrected chi connectivity index (χ0v) is 15.0. The molecular formula is C18H15BrN2O4. The largest absolute Gasteiger partial charge is 0.481 e. The first-order valence-corrected chi connectivity index (χ1v) is 8.12. The number of para-hydroxylation sites is 1. The van der Waals surface area contributed by atoms with Crippen molar-refractivity contribution in [3.8, 4) is 11.8 Å². The van der Waals surface area contributed by atoms with Crippen molar-refractivity contribution in [2.75, 3.05) is 18.5 Å². The second kappa shape index (κ2) is 8.85. The molecule has 0 unspecified atom stereocenters. The van der Waals surface area contributed by atoms with Crippen molar-refractivity contribution < 1.29 is 19.1 Å². The number of halogens is 1. The maximum atomic E-state index is 11.8. The normalized spacial score (nSPS) is 9.80. The first-order valence-electron chi connectivity index (χ1n) is 7.33. The van der Waals surface area contributed by atoms with Gasteiger partial charge in [0.05, 0.1) is 15.7 Å². The average Bonchev–Trinajstić information content (AvgIpc) is 2.59. The van der Waals surface area contributed by atoms with Crippen LogP contribution in [0, 0.1) is 18.3 Å². The first kappa shape index (κ1) is 18.5. The summed E-state index contributed by atoms with van der Waals surface area (Å²) in [6, 6.07) is 14.0. The minimum absolute atomic E-state index is 0.316. The monoisotopic (exact) mass is 402 g/mol. The van der Waals surface area contributed by atoms with Crippen LogP contribution in [0.25, 0.3) is 0 Å². The number of carbonyl (C=O) groups is 2. The maximum absolute atomic E-state index is 11.8. The van der Waals surface area contributed by atoms with E-state index in [1.807, 2.05) is 25.1 Å². The third-order valence-corrected chi connectivity index (χ3v) is 3.74. The van der Waals surface area contributed by atoms with Crippen molar-refractivity contribution in [2.45, 2.75) is 6.92 Å². The fourth-order valence-electron chi connectivity index (χ4n) is 1.92. The number of rotatable bonds is 6. The van der Waals surface area contributed by atoms with Crippen LogP contribution in [-0.2, 0) is 14.3 Å². The molecule has 0 aliphatic carbocycles. The number of carbonyl (C=O) groups excluding carboxylic acids is 2. The lowest BCUT2D eigenvalue weighted by Gasteiger charge is -2.10. The van der Waals surface area contributed by atoms with E-state index < -0.39 is 18.5 Å². The molecule has 0 saturated heterocycles. The van der Waals surface area contributed by atoms with Crippen molar-refractivity contribution in [3.05, 3.63) is 58.1 Å². The van der Waals surface area contributed by atoms with Crippen LogP contribution >= 0.6 is 15.9 Å². The zero-order valence-electron chi connectivity index (χ0n) is 13.4. The Morgan fingerprint density at radius 2 is 1.96 bits per heavy atom. The lowest BCUT2D eigenvalue weighted by atomic mass is 10.2. The number of ether oxygens (including phenoxy) is 2. The van der Waals surface area contributed by atoms with Gasteiger partial charge in [-0.05, 0) is 52.7 Å². The van der Waals surface area contributed by atoms with Crippen LogP contribution < -0.4 is 10.1 Å². The Kier molecular flexibility index (Phi) is 6.54. The molecule has 0 atom stereocenters. The smallest absolute Gasteiger partial charge is 0.344 e. The summed E-state index contributed by atoms with van der Waals surface area (Å²) in [6.07, 6.45) is 0. The molecule has 0 aliphatic rings. The topological polar surface area (TPSA) is 88.4 Å². The summed E-state index contributed by atoms with van der Waals surface area (Å²) in [6.45, 7) is 1.16. The van der Waals surface area contributed by atoms with E-state index in [0.717, 1.165) is 10.0 Å². The lowest BCUT2D eigenvalue weighted by molar-refractivity contribution is -0.149. The highest BCUT2D eigenvalue weighted by Crippen LogP contribution is 2.25. The van der Waals surface area contributed by atoms with Gasteiger partial charge in [0, 0.05) is 0 Å². The van der Waals surface area contributed by atoms with Crippen LogP contribution in [0.5, 0.6) is 5.75 Å². The van der Waals surface area contributed by atoms with Gasteiger partial charge in [0.1, 0.15) is 11.8 Å². The predicted molar refractivity (Wildman–Crippen MR) is 95.1 cm³/mol. The quantitative estimate of drug-likeness (QED) is 0.749. The highest BCUT2D eigenvalue weighted by Gasteiger charge is 2.11. The maximum Gasteiger partial charge on any atom is 0.344 e. The molecule has 25 heavy (non-hydrogen) atoms. The molecule has 128 valence electrons. The van der Waals surface area contributed by atoms with Crippen LogP contribution in [0.15, 0.2) is 46.9 Å². The van der Waals surface area contributed by atoms with Crippen molar-refractivity contribution in [1.82, 2.24) is 0 Å². The van der Waals surface area contributed by atoms with Gasteiger partial charge in [0.25, 0.3) is 5.91 Å². The number of hydrogen-bond acceptors (Lipinski definition) is 5. The Morgan fingerprint density at radius 3 is 2.68 bits per heavy atom. The van der Waals surface area contributed by atoms with Gasteiger partial charge in [0.15, 0.2) is 13.2 Å². The fraction of sp³-hybridized carbons (Fsp3) is 0.167. The number of amides is 1. The predicted octanol–water partition coefficient (Wildman–Crippen LogP) is 3.19. The van der Waals surface area contributed by atoms with Crippen molar-refractivity contribution in [2.24, 2.45) is 0 Å². The molecule has 0 spiro atoms. The molecule has 0 aromatic heterocycles. The Labute approximate surface area is 153 Å². The summed E-state index contributed by atoms with van der Waals surface area (Å²) >= 11 is 3.34. The second-order valence-corrected chi connectivity index (χ2v) is 5.94. The summed E-state index contributed by atoms with van der Waals surface area (Å²) < 4.78 is 10.9. The standard InChI is InChI=1S/C18H15BrN2O4/c1-12-6-7-16(14(19)8-12)24-11-18(23)25-10-17(22)21-15-5-3-2-4-13(15)9-20/h2-8H,10-11H2,1H3,(H,21,22). The summed E-state index contributed by atoms with van der Waals surface area (Å²) in [5.74, 6) is -0.696. The van der Waals surface area contributed by atoms with Crippen molar-refractivity contribution >= 4 is 33.5 Å². The van der Waals surface area contributed by atoms with E-state index >= 15 is 0 Å². The second-order valence-electron chi connectivity index (χ2n) is 5.09. The Morgan fingerprint density at radius 1 is 1.20 bits per heavy atom. The van der Waals surface area contributed by atoms with Crippen LogP contribution in [0.4, 0.5) is 5.69 Å². The number of anilines is 1. The third-order valence-electron chi connectivity index (χ3n) is 3.12. The fourth-order valence-corrected chi connectivity index (χ4v) is 2.53. The highest BCUT2D eigenvalue weighted by molar-refractivity contribution is 9.10. The molecule has 2 aromatic carbocycles. The average molecular weight is 403 g/mol. The summed E-state index contributed by atoms with van der Waals surface area (Å²) in [5.41, 5.74) is 1.75. The van der Waals surface area contributed by atoms with Gasteiger partial charge in [0.2, 0.25) is 0 Å². The van der Waals surface area contributed by atoms with E-state index in [2.05, 4.69) is 21.2 Å². The van der Waals surface area contributed by atoms with E-state index in [0.29, 0.717) is 17.0 Å². The first-order chi connectivity index (χ1) is 12.0. The number of benzene rings is 2. The molecule has 0 radical (unpaired) electrons. The van der Waals surface area contributed by atoms with Crippen LogP contribution in [0.1, 0.15) is 11.1 Å². The van der Waals surface area contributed by atoms with E-state index in [1.54, 1.807) is 30.3 Å². The van der Waals surface area contributed by atoms with Crippen molar-refractivity contribution in [1.29, 1.82) is 5.26 Å². The van der Waals surface area contributed by atoms with Crippen molar-refractivity contribution in [3.63, 3.8) is 0 Å². The van der Waals surface area contributed by atoms with Gasteiger partial charge in [-0.25, -0.2) is 4.79 Å². The molecule has 0 aliphatic heterocycles. The molecular weight excluding hydrogens is 388 g/mol. The molecule has 1 N–H and O–H groups in total. The molecule has 0 saturated carbocycles. The zero-order chi connectivity index (χ0) is 18.2. The van der Waals surface area contributed by atoms with Gasteiger partial charge in [-0.15, -0.1) is 0 Å². The Hall–Kier alpha value is -2.85. The number of nitrogens with one attached hydrogen (secondary N) is 1. The summed E-state index contributed by atoms with van der Waals surface area (Å²) in [5, 5.41) is 11.5. The third kappa shape index (κ3) is 5.62. The summed E-state index contributed by atoms with van der Waals surface area (Å²) in [7, 11) is 0. The van der Waals surface area contributed by atoms with Gasteiger partial charge in [-0.2, -0.15) is 5.26 Å². The molecule has 0 bridgehead atoms. The van der Waals surface area contributed by atoms with Gasteiger partial charge in [-0.3, -0.25) is 4.79 Å². The number of hydrogen-bond donors (Lipinski definition) is 1. The molecule has 6 nitrogen and oxygen atoms in total. The Bertz CT molecular complexity index is 830. The number of aryl methyl sites for hydroxylation is 1. The van der Waals surface area contributed by atoms with Gasteiger partial charge in [-0.1, -0.05) is 18.2 Å². The van der Waals surface area contributed by atoms with E-state index in [-0.39, 0.29) is 6.61 Å². The molecule has 2 aromatic rings. The van der Waals surface area contributed by atoms with Crippen LogP contribution in [0.3, 0.4) is 0 Å². The van der Waals surface area contributed by atoms with E-state index in [1.165, 1.54) is 0 Å². The molecule has 7 heteroatoms. The molecule has 1 amide bonds. The number of nitrogens with zero attached hydrogens (tertiary/aromatic N) is 1. The molecule has 0 fully saturated rings. The number of nitriles is 1. The van der Waals surface area contributed by atoms with Crippen LogP contribution in [0.2, 0.25) is 0 Å². The molecule has 0 heterocycles. The van der Waals surface area contributed by atoms with E-state index in [4.69, 9.17) is 14.7 Å². The minimum Gasteiger partial charge on any atom is -0.481 e. The lowest BCUT2D eigenvalue weighted by Crippen LogP contribution is -2.24.